The van der Waals surface area contributed by atoms with Crippen molar-refractivity contribution in [3.63, 3.8) is 0 Å². The van der Waals surface area contributed by atoms with Crippen LogP contribution in [0.25, 0.3) is 0 Å². The van der Waals surface area contributed by atoms with Gasteiger partial charge in [-0.05, 0) is 18.2 Å². The topological polar surface area (TPSA) is 71.1 Å². The molecule has 7 heteroatoms. The average Bonchev–Trinajstić information content (AvgIpc) is 2.59. The first-order chi connectivity index (χ1) is 11.1. The first-order valence-electron chi connectivity index (χ1n) is 7.59. The first-order valence-corrected chi connectivity index (χ1v) is 7.59. The summed E-state index contributed by atoms with van der Waals surface area (Å²) in [5.41, 5.74) is 0.995. The molecule has 126 valence electrons. The number of rotatable bonds is 5. The van der Waals surface area contributed by atoms with Gasteiger partial charge in [0.05, 0.1) is 19.3 Å². The highest BCUT2D eigenvalue weighted by atomic mass is 16.5. The van der Waals surface area contributed by atoms with Crippen LogP contribution in [0.5, 0.6) is 0 Å². The molecule has 1 aromatic carbocycles. The van der Waals surface area contributed by atoms with E-state index in [-0.39, 0.29) is 6.03 Å². The van der Waals surface area contributed by atoms with Gasteiger partial charge >= 0.3 is 12.0 Å². The Kier molecular flexibility index (Phi) is 6.37. The number of methoxy groups -OCH3 is 2. The van der Waals surface area contributed by atoms with E-state index in [0.717, 1.165) is 19.6 Å². The fraction of sp³-hybridized carbons (Fsp3) is 0.500. The van der Waals surface area contributed by atoms with E-state index in [2.05, 4.69) is 15.0 Å². The van der Waals surface area contributed by atoms with Crippen LogP contribution < -0.4 is 5.32 Å². The zero-order valence-corrected chi connectivity index (χ0v) is 13.6. The van der Waals surface area contributed by atoms with Gasteiger partial charge in [0.25, 0.3) is 0 Å². The average molecular weight is 321 g/mol. The van der Waals surface area contributed by atoms with Crippen molar-refractivity contribution in [1.82, 2.24) is 9.80 Å². The number of piperazine rings is 1. The lowest BCUT2D eigenvalue weighted by Gasteiger charge is -2.34. The van der Waals surface area contributed by atoms with Gasteiger partial charge in [-0.3, -0.25) is 4.90 Å². The number of anilines is 1. The number of nitrogens with one attached hydrogen (secondary N) is 1. The third-order valence-electron chi connectivity index (χ3n) is 3.81. The van der Waals surface area contributed by atoms with Crippen molar-refractivity contribution in [2.24, 2.45) is 0 Å². The van der Waals surface area contributed by atoms with Crippen molar-refractivity contribution < 1.29 is 19.1 Å². The Morgan fingerprint density at radius 3 is 2.57 bits per heavy atom. The smallest absolute Gasteiger partial charge is 0.337 e. The summed E-state index contributed by atoms with van der Waals surface area (Å²) >= 11 is 0. The van der Waals surface area contributed by atoms with E-state index >= 15 is 0 Å². The van der Waals surface area contributed by atoms with Crippen molar-refractivity contribution in [3.8, 4) is 0 Å². The molecule has 2 amide bonds. The Morgan fingerprint density at radius 1 is 1.17 bits per heavy atom. The number of carbonyl (C=O) groups excluding carboxylic acids is 2. The molecule has 0 spiro atoms. The third-order valence-corrected chi connectivity index (χ3v) is 3.81. The summed E-state index contributed by atoms with van der Waals surface area (Å²) in [5.74, 6) is -0.423. The van der Waals surface area contributed by atoms with E-state index in [9.17, 15) is 9.59 Å². The summed E-state index contributed by atoms with van der Waals surface area (Å²) in [7, 11) is 3.02. The Labute approximate surface area is 136 Å². The van der Waals surface area contributed by atoms with Crippen LogP contribution in [-0.2, 0) is 9.47 Å². The fourth-order valence-electron chi connectivity index (χ4n) is 2.44. The van der Waals surface area contributed by atoms with Crippen LogP contribution in [0.15, 0.2) is 24.3 Å². The normalized spacial score (nSPS) is 15.3. The van der Waals surface area contributed by atoms with Crippen molar-refractivity contribution in [1.29, 1.82) is 0 Å². The number of carbonyl (C=O) groups is 2. The van der Waals surface area contributed by atoms with E-state index < -0.39 is 5.97 Å². The molecular formula is C16H23N3O4. The third kappa shape index (κ3) is 4.94. The Morgan fingerprint density at radius 2 is 1.91 bits per heavy atom. The monoisotopic (exact) mass is 321 g/mol. The van der Waals surface area contributed by atoms with E-state index in [4.69, 9.17) is 4.74 Å². The van der Waals surface area contributed by atoms with Crippen LogP contribution in [0, 0.1) is 0 Å². The van der Waals surface area contributed by atoms with E-state index in [1.165, 1.54) is 7.11 Å². The van der Waals surface area contributed by atoms with Gasteiger partial charge in [-0.25, -0.2) is 9.59 Å². The number of nitrogens with zero attached hydrogens (tertiary/aromatic N) is 2. The lowest BCUT2D eigenvalue weighted by molar-refractivity contribution is 0.0600. The minimum atomic E-state index is -0.423. The molecule has 1 saturated heterocycles. The molecule has 1 N–H and O–H groups in total. The zero-order chi connectivity index (χ0) is 16.7. The summed E-state index contributed by atoms with van der Waals surface area (Å²) in [4.78, 5) is 27.8. The predicted molar refractivity (Wildman–Crippen MR) is 86.7 cm³/mol. The molecule has 0 aliphatic carbocycles. The van der Waals surface area contributed by atoms with E-state index in [1.807, 2.05) is 0 Å². The highest BCUT2D eigenvalue weighted by molar-refractivity contribution is 5.93. The highest BCUT2D eigenvalue weighted by Crippen LogP contribution is 2.13. The van der Waals surface area contributed by atoms with E-state index in [1.54, 1.807) is 36.3 Å². The molecule has 1 aliphatic heterocycles. The molecule has 0 radical (unpaired) electrons. The predicted octanol–water partition coefficient (Wildman–Crippen LogP) is 1.27. The zero-order valence-electron chi connectivity index (χ0n) is 13.6. The second kappa shape index (κ2) is 8.50. The second-order valence-corrected chi connectivity index (χ2v) is 5.32. The number of hydrogen-bond acceptors (Lipinski definition) is 5. The molecule has 0 bridgehead atoms. The fourth-order valence-corrected chi connectivity index (χ4v) is 2.44. The summed E-state index contributed by atoms with van der Waals surface area (Å²) < 4.78 is 9.74. The molecular weight excluding hydrogens is 298 g/mol. The molecule has 0 aromatic heterocycles. The van der Waals surface area contributed by atoms with Crippen molar-refractivity contribution in [2.75, 3.05) is 58.9 Å². The van der Waals surface area contributed by atoms with Gasteiger partial charge in [-0.1, -0.05) is 6.07 Å². The molecule has 7 nitrogen and oxygen atoms in total. The number of ether oxygens (including phenoxy) is 2. The molecule has 0 atom stereocenters. The van der Waals surface area contributed by atoms with Crippen LogP contribution >= 0.6 is 0 Å². The maximum absolute atomic E-state index is 12.3. The minimum Gasteiger partial charge on any atom is -0.465 e. The van der Waals surface area contributed by atoms with Crippen LogP contribution in [0.2, 0.25) is 0 Å². The van der Waals surface area contributed by atoms with Crippen LogP contribution in [0.1, 0.15) is 10.4 Å². The molecule has 0 unspecified atom stereocenters. The van der Waals surface area contributed by atoms with Gasteiger partial charge in [-0.2, -0.15) is 0 Å². The second-order valence-electron chi connectivity index (χ2n) is 5.32. The summed E-state index contributed by atoms with van der Waals surface area (Å²) in [6.07, 6.45) is 0. The molecule has 0 saturated carbocycles. The highest BCUT2D eigenvalue weighted by Gasteiger charge is 2.21. The van der Waals surface area contributed by atoms with Crippen molar-refractivity contribution in [2.45, 2.75) is 0 Å². The number of urea groups is 1. The van der Waals surface area contributed by atoms with Gasteiger partial charge in [0.2, 0.25) is 0 Å². The van der Waals surface area contributed by atoms with Crippen molar-refractivity contribution >= 4 is 17.7 Å². The number of esters is 1. The largest absolute Gasteiger partial charge is 0.465 e. The maximum Gasteiger partial charge on any atom is 0.337 e. The van der Waals surface area contributed by atoms with Gasteiger partial charge in [0.15, 0.2) is 0 Å². The molecule has 1 aromatic rings. The summed E-state index contributed by atoms with van der Waals surface area (Å²) in [6, 6.07) is 6.57. The number of hydrogen-bond donors (Lipinski definition) is 1. The summed E-state index contributed by atoms with van der Waals surface area (Å²) in [5, 5.41) is 2.83. The standard InChI is InChI=1S/C16H23N3O4/c1-22-11-10-18-6-8-19(9-7-18)16(21)17-14-5-3-4-13(12-14)15(20)23-2/h3-5,12H,6-11H2,1-2H3,(H,17,21). The van der Waals surface area contributed by atoms with Crippen LogP contribution in [0.3, 0.4) is 0 Å². The van der Waals surface area contributed by atoms with Gasteiger partial charge in [0.1, 0.15) is 0 Å². The lowest BCUT2D eigenvalue weighted by Crippen LogP contribution is -2.50. The lowest BCUT2D eigenvalue weighted by atomic mass is 10.2. The molecule has 1 fully saturated rings. The molecule has 23 heavy (non-hydrogen) atoms. The molecule has 1 aliphatic rings. The number of benzene rings is 1. The molecule has 2 rings (SSSR count). The van der Waals surface area contributed by atoms with Crippen LogP contribution in [0.4, 0.5) is 10.5 Å². The van der Waals surface area contributed by atoms with Gasteiger partial charge in [-0.15, -0.1) is 0 Å². The SMILES string of the molecule is COCCN1CCN(C(=O)Nc2cccc(C(=O)OC)c2)CC1. The summed E-state index contributed by atoms with van der Waals surface area (Å²) in [6.45, 7) is 4.59. The van der Waals surface area contributed by atoms with Crippen molar-refractivity contribution in [3.05, 3.63) is 29.8 Å². The first kappa shape index (κ1) is 17.2. The Balaban J connectivity index is 1.87. The van der Waals surface area contributed by atoms with Crippen LogP contribution in [-0.4, -0.2) is 75.4 Å². The van der Waals surface area contributed by atoms with Gasteiger partial charge in [0, 0.05) is 45.5 Å². The van der Waals surface area contributed by atoms with Gasteiger partial charge < -0.3 is 19.7 Å². The number of amides is 2. The Hall–Kier alpha value is -2.12. The van der Waals surface area contributed by atoms with E-state index in [0.29, 0.717) is 30.9 Å². The minimum absolute atomic E-state index is 0.154. The molecule has 1 heterocycles. The Bertz CT molecular complexity index is 542. The quantitative estimate of drug-likeness (QED) is 0.827. The maximum atomic E-state index is 12.3.